The minimum atomic E-state index is 0. The Morgan fingerprint density at radius 1 is 1.19 bits per heavy atom. The first-order valence-corrected chi connectivity index (χ1v) is 8.09. The Balaban J connectivity index is 0.00000220. The smallest absolute Gasteiger partial charge is 0.191 e. The van der Waals surface area contributed by atoms with Gasteiger partial charge in [0.2, 0.25) is 0 Å². The summed E-state index contributed by atoms with van der Waals surface area (Å²) >= 11 is 0. The van der Waals surface area contributed by atoms with Gasteiger partial charge in [-0.05, 0) is 26.8 Å². The molecule has 2 aliphatic rings. The van der Waals surface area contributed by atoms with Crippen LogP contribution in [0.2, 0.25) is 0 Å². The lowest BCUT2D eigenvalue weighted by Crippen LogP contribution is -2.52. The van der Waals surface area contributed by atoms with Crippen molar-refractivity contribution >= 4 is 29.9 Å². The maximum atomic E-state index is 4.35. The Hall–Kier alpha value is -0.0800. The number of likely N-dealkylation sites (N-methyl/N-ethyl adjacent to an activating group) is 1. The summed E-state index contributed by atoms with van der Waals surface area (Å²) < 4.78 is 0. The van der Waals surface area contributed by atoms with Gasteiger partial charge in [-0.2, -0.15) is 0 Å². The molecule has 1 unspecified atom stereocenters. The minimum absolute atomic E-state index is 0. The molecule has 0 bridgehead atoms. The van der Waals surface area contributed by atoms with Gasteiger partial charge in [0.05, 0.1) is 0 Å². The highest BCUT2D eigenvalue weighted by Gasteiger charge is 2.20. The Morgan fingerprint density at radius 2 is 1.81 bits per heavy atom. The molecule has 1 saturated carbocycles. The molecule has 1 aliphatic heterocycles. The molecule has 5 nitrogen and oxygen atoms in total. The van der Waals surface area contributed by atoms with Crippen molar-refractivity contribution in [2.24, 2.45) is 4.99 Å². The molecule has 1 heterocycles. The van der Waals surface area contributed by atoms with Gasteiger partial charge in [0.1, 0.15) is 0 Å². The molecule has 2 N–H and O–H groups in total. The second-order valence-corrected chi connectivity index (χ2v) is 6.27. The Bertz CT molecular complexity index is 309. The van der Waals surface area contributed by atoms with E-state index in [2.05, 4.69) is 39.4 Å². The zero-order chi connectivity index (χ0) is 14.4. The monoisotopic (exact) mass is 409 g/mol. The number of piperazine rings is 1. The van der Waals surface area contributed by atoms with Crippen LogP contribution in [0.5, 0.6) is 0 Å². The van der Waals surface area contributed by atoms with E-state index in [1.165, 1.54) is 51.9 Å². The van der Waals surface area contributed by atoms with Crippen LogP contribution in [0.4, 0.5) is 0 Å². The van der Waals surface area contributed by atoms with Crippen LogP contribution < -0.4 is 10.6 Å². The van der Waals surface area contributed by atoms with Crippen molar-refractivity contribution in [3.63, 3.8) is 0 Å². The standard InChI is InChI=1S/C15H31N5.HI/c1-13(20-10-8-19(3)9-11-20)12-17-15(16-2)18-14-6-4-5-7-14;/h13-14H,4-12H2,1-3H3,(H2,16,17,18);1H. The number of rotatable bonds is 4. The molecule has 2 rings (SSSR count). The van der Waals surface area contributed by atoms with Gasteiger partial charge < -0.3 is 15.5 Å². The van der Waals surface area contributed by atoms with Crippen molar-refractivity contribution in [2.45, 2.75) is 44.7 Å². The van der Waals surface area contributed by atoms with E-state index in [4.69, 9.17) is 0 Å². The first-order valence-electron chi connectivity index (χ1n) is 8.09. The van der Waals surface area contributed by atoms with Gasteiger partial charge in [0.15, 0.2) is 5.96 Å². The first-order chi connectivity index (χ1) is 9.69. The molecule has 1 saturated heterocycles. The maximum Gasteiger partial charge on any atom is 0.191 e. The van der Waals surface area contributed by atoms with Gasteiger partial charge in [-0.25, -0.2) is 0 Å². The predicted octanol–water partition coefficient (Wildman–Crippen LogP) is 1.35. The van der Waals surface area contributed by atoms with E-state index in [-0.39, 0.29) is 24.0 Å². The van der Waals surface area contributed by atoms with Gasteiger partial charge in [-0.1, -0.05) is 12.8 Å². The van der Waals surface area contributed by atoms with Crippen molar-refractivity contribution < 1.29 is 0 Å². The van der Waals surface area contributed by atoms with Crippen LogP contribution in [0.15, 0.2) is 4.99 Å². The van der Waals surface area contributed by atoms with E-state index in [9.17, 15) is 0 Å². The maximum absolute atomic E-state index is 4.35. The number of aliphatic imine (C=N–C) groups is 1. The third-order valence-corrected chi connectivity index (χ3v) is 4.65. The number of hydrogen-bond acceptors (Lipinski definition) is 3. The fraction of sp³-hybridized carbons (Fsp3) is 0.933. The average molecular weight is 409 g/mol. The SMILES string of the molecule is CN=C(NCC(C)N1CCN(C)CC1)NC1CCCC1.I. The highest BCUT2D eigenvalue weighted by molar-refractivity contribution is 14.0. The second kappa shape index (κ2) is 9.84. The highest BCUT2D eigenvalue weighted by atomic mass is 127. The lowest BCUT2D eigenvalue weighted by molar-refractivity contribution is 0.120. The number of guanidine groups is 1. The van der Waals surface area contributed by atoms with Gasteiger partial charge in [0.25, 0.3) is 0 Å². The zero-order valence-electron chi connectivity index (χ0n) is 13.8. The molecule has 124 valence electrons. The summed E-state index contributed by atoms with van der Waals surface area (Å²) in [6.07, 6.45) is 5.28. The van der Waals surface area contributed by atoms with Gasteiger partial charge in [0, 0.05) is 51.9 Å². The molecule has 2 fully saturated rings. The summed E-state index contributed by atoms with van der Waals surface area (Å²) in [7, 11) is 4.07. The van der Waals surface area contributed by atoms with Crippen LogP contribution >= 0.6 is 24.0 Å². The molecule has 1 atom stereocenters. The third-order valence-electron chi connectivity index (χ3n) is 4.65. The van der Waals surface area contributed by atoms with E-state index in [0.717, 1.165) is 12.5 Å². The lowest BCUT2D eigenvalue weighted by Gasteiger charge is -2.36. The van der Waals surface area contributed by atoms with Crippen LogP contribution in [0.1, 0.15) is 32.6 Å². The van der Waals surface area contributed by atoms with Gasteiger partial charge in [-0.3, -0.25) is 9.89 Å². The average Bonchev–Trinajstić information content (AvgIpc) is 2.96. The molecular weight excluding hydrogens is 377 g/mol. The first kappa shape index (κ1) is 19.0. The predicted molar refractivity (Wildman–Crippen MR) is 101 cm³/mol. The molecule has 0 aromatic rings. The van der Waals surface area contributed by atoms with E-state index in [1.54, 1.807) is 0 Å². The molecule has 0 spiro atoms. The van der Waals surface area contributed by atoms with Crippen LogP contribution in [-0.2, 0) is 0 Å². The Kier molecular flexibility index (Phi) is 8.89. The minimum Gasteiger partial charge on any atom is -0.355 e. The van der Waals surface area contributed by atoms with Gasteiger partial charge in [-0.15, -0.1) is 24.0 Å². The quantitative estimate of drug-likeness (QED) is 0.418. The molecule has 1 aliphatic carbocycles. The summed E-state index contributed by atoms with van der Waals surface area (Å²) in [6.45, 7) is 7.98. The molecule has 0 aromatic heterocycles. The molecule has 0 radical (unpaired) electrons. The van der Waals surface area contributed by atoms with Crippen LogP contribution in [0, 0.1) is 0 Å². The van der Waals surface area contributed by atoms with Crippen molar-refractivity contribution in [1.82, 2.24) is 20.4 Å². The van der Waals surface area contributed by atoms with Crippen LogP contribution in [-0.4, -0.2) is 74.7 Å². The zero-order valence-corrected chi connectivity index (χ0v) is 16.1. The molecule has 0 amide bonds. The largest absolute Gasteiger partial charge is 0.355 e. The lowest BCUT2D eigenvalue weighted by atomic mass is 10.2. The summed E-state index contributed by atoms with van der Waals surface area (Å²) in [6, 6.07) is 1.19. The van der Waals surface area contributed by atoms with Crippen molar-refractivity contribution in [1.29, 1.82) is 0 Å². The number of nitrogens with zero attached hydrogens (tertiary/aromatic N) is 3. The van der Waals surface area contributed by atoms with E-state index < -0.39 is 0 Å². The third kappa shape index (κ3) is 6.28. The van der Waals surface area contributed by atoms with Crippen molar-refractivity contribution in [3.8, 4) is 0 Å². The molecule has 0 aromatic carbocycles. The van der Waals surface area contributed by atoms with E-state index in [0.29, 0.717) is 12.1 Å². The summed E-state index contributed by atoms with van der Waals surface area (Å²) in [5, 5.41) is 7.03. The summed E-state index contributed by atoms with van der Waals surface area (Å²) in [4.78, 5) is 9.31. The molecule has 21 heavy (non-hydrogen) atoms. The van der Waals surface area contributed by atoms with Crippen molar-refractivity contribution in [3.05, 3.63) is 0 Å². The Labute approximate surface area is 146 Å². The second-order valence-electron chi connectivity index (χ2n) is 6.27. The van der Waals surface area contributed by atoms with Crippen molar-refractivity contribution in [2.75, 3.05) is 46.8 Å². The fourth-order valence-electron chi connectivity index (χ4n) is 3.09. The van der Waals surface area contributed by atoms with E-state index in [1.807, 2.05) is 7.05 Å². The van der Waals surface area contributed by atoms with Gasteiger partial charge >= 0.3 is 0 Å². The van der Waals surface area contributed by atoms with Crippen LogP contribution in [0.3, 0.4) is 0 Å². The Morgan fingerprint density at radius 3 is 2.38 bits per heavy atom. The fourth-order valence-corrected chi connectivity index (χ4v) is 3.09. The topological polar surface area (TPSA) is 42.9 Å². The van der Waals surface area contributed by atoms with E-state index >= 15 is 0 Å². The number of nitrogens with one attached hydrogen (secondary N) is 2. The number of hydrogen-bond donors (Lipinski definition) is 2. The number of halogens is 1. The summed E-state index contributed by atoms with van der Waals surface area (Å²) in [5.74, 6) is 0.970. The molecule has 6 heteroatoms. The van der Waals surface area contributed by atoms with Crippen LogP contribution in [0.25, 0.3) is 0 Å². The summed E-state index contributed by atoms with van der Waals surface area (Å²) in [5.41, 5.74) is 0. The normalized spacial score (nSPS) is 23.7. The molecular formula is C15H32IN5. The highest BCUT2D eigenvalue weighted by Crippen LogP contribution is 2.17.